The third kappa shape index (κ3) is 6.10. The molecule has 0 aliphatic rings. The van der Waals surface area contributed by atoms with Crippen LogP contribution in [0.4, 0.5) is 0 Å². The Kier molecular flexibility index (Phi) is 8.42. The third-order valence-electron chi connectivity index (χ3n) is 3.20. The van der Waals surface area contributed by atoms with E-state index in [-0.39, 0.29) is 5.75 Å². The van der Waals surface area contributed by atoms with E-state index in [0.29, 0.717) is 24.6 Å². The number of unbranched alkanes of at least 4 members (excludes halogenated alkanes) is 1. The number of benzene rings is 1. The largest absolute Gasteiger partial charge is 0.502 e. The molecule has 0 saturated heterocycles. The lowest BCUT2D eigenvalue weighted by molar-refractivity contribution is 0.339. The summed E-state index contributed by atoms with van der Waals surface area (Å²) < 4.78 is 10.3. The van der Waals surface area contributed by atoms with Gasteiger partial charge in [-0.2, -0.15) is 0 Å². The number of hydrogen-bond donors (Lipinski definition) is 3. The molecule has 0 spiro atoms. The van der Waals surface area contributed by atoms with Crippen LogP contribution in [0.15, 0.2) is 29.8 Å². The summed E-state index contributed by atoms with van der Waals surface area (Å²) in [6.07, 6.45) is 3.98. The second kappa shape index (κ2) is 10.4. The van der Waals surface area contributed by atoms with Crippen molar-refractivity contribution in [2.75, 3.05) is 27.3 Å². The highest BCUT2D eigenvalue weighted by molar-refractivity contribution is 5.79. The Labute approximate surface area is 138 Å². The molecule has 0 atom stereocenters. The summed E-state index contributed by atoms with van der Waals surface area (Å²) in [6, 6.07) is 3.50. The Morgan fingerprint density at radius 3 is 2.43 bits per heavy atom. The lowest BCUT2D eigenvalue weighted by Crippen LogP contribution is -2.37. The Morgan fingerprint density at radius 1 is 1.26 bits per heavy atom. The normalized spacial score (nSPS) is 11.0. The number of hydrogen-bond acceptors (Lipinski definition) is 4. The van der Waals surface area contributed by atoms with Crippen LogP contribution in [-0.4, -0.2) is 38.4 Å². The molecule has 0 aliphatic heterocycles. The lowest BCUT2D eigenvalue weighted by atomic mass is 10.2. The maximum absolute atomic E-state index is 9.93. The summed E-state index contributed by atoms with van der Waals surface area (Å²) in [6.45, 7) is 7.78. The monoisotopic (exact) mass is 321 g/mol. The fourth-order valence-electron chi connectivity index (χ4n) is 1.94. The summed E-state index contributed by atoms with van der Waals surface area (Å²) >= 11 is 0. The number of ether oxygens (including phenoxy) is 2. The maximum Gasteiger partial charge on any atom is 0.200 e. The maximum atomic E-state index is 9.93. The summed E-state index contributed by atoms with van der Waals surface area (Å²) in [5.41, 5.74) is 0.881. The van der Waals surface area contributed by atoms with Crippen LogP contribution in [0.25, 0.3) is 0 Å². The van der Waals surface area contributed by atoms with Crippen LogP contribution >= 0.6 is 0 Å². The van der Waals surface area contributed by atoms with Crippen LogP contribution < -0.4 is 20.1 Å². The van der Waals surface area contributed by atoms with Crippen molar-refractivity contribution in [1.29, 1.82) is 0 Å². The van der Waals surface area contributed by atoms with Gasteiger partial charge in [-0.3, -0.25) is 0 Å². The van der Waals surface area contributed by atoms with Crippen molar-refractivity contribution in [3.63, 3.8) is 0 Å². The number of aliphatic imine (C=N–C) groups is 1. The average Bonchev–Trinajstić information content (AvgIpc) is 2.57. The molecule has 6 nitrogen and oxygen atoms in total. The van der Waals surface area contributed by atoms with Gasteiger partial charge in [0, 0.05) is 13.1 Å². The van der Waals surface area contributed by atoms with Gasteiger partial charge in [0.15, 0.2) is 17.5 Å². The number of rotatable bonds is 9. The van der Waals surface area contributed by atoms with Crippen molar-refractivity contribution in [3.8, 4) is 17.2 Å². The van der Waals surface area contributed by atoms with Gasteiger partial charge in [0.05, 0.1) is 20.8 Å². The van der Waals surface area contributed by atoms with Gasteiger partial charge < -0.3 is 25.2 Å². The highest BCUT2D eigenvalue weighted by atomic mass is 16.5. The highest BCUT2D eigenvalue weighted by Gasteiger charge is 2.11. The third-order valence-corrected chi connectivity index (χ3v) is 3.20. The molecule has 0 aromatic heterocycles. The Bertz CT molecular complexity index is 505. The average molecular weight is 321 g/mol. The topological polar surface area (TPSA) is 75.1 Å². The first-order valence-corrected chi connectivity index (χ1v) is 7.73. The molecule has 1 aromatic carbocycles. The molecule has 0 bridgehead atoms. The minimum absolute atomic E-state index is 0.00573. The number of aromatic hydroxyl groups is 1. The van der Waals surface area contributed by atoms with E-state index in [4.69, 9.17) is 9.47 Å². The van der Waals surface area contributed by atoms with Crippen LogP contribution in [-0.2, 0) is 6.54 Å². The van der Waals surface area contributed by atoms with Crippen LogP contribution in [0.5, 0.6) is 17.2 Å². The molecule has 128 valence electrons. The van der Waals surface area contributed by atoms with Gasteiger partial charge in [0.25, 0.3) is 0 Å². The van der Waals surface area contributed by atoms with Crippen molar-refractivity contribution < 1.29 is 14.6 Å². The second-order valence-corrected chi connectivity index (χ2v) is 4.96. The minimum atomic E-state index is -0.00573. The van der Waals surface area contributed by atoms with Crippen molar-refractivity contribution in [2.45, 2.75) is 26.3 Å². The lowest BCUT2D eigenvalue weighted by Gasteiger charge is -2.12. The van der Waals surface area contributed by atoms with Crippen LogP contribution in [0, 0.1) is 0 Å². The number of nitrogens with zero attached hydrogens (tertiary/aromatic N) is 1. The molecule has 1 aromatic rings. The van der Waals surface area contributed by atoms with E-state index in [9.17, 15) is 5.11 Å². The van der Waals surface area contributed by atoms with Gasteiger partial charge in [-0.05, 0) is 24.1 Å². The molecule has 3 N–H and O–H groups in total. The number of methoxy groups -OCH3 is 2. The molecular formula is C17H27N3O3. The highest BCUT2D eigenvalue weighted by Crippen LogP contribution is 2.37. The molecule has 0 fully saturated rings. The van der Waals surface area contributed by atoms with Crippen LogP contribution in [0.3, 0.4) is 0 Å². The van der Waals surface area contributed by atoms with E-state index in [1.54, 1.807) is 18.2 Å². The Balaban J connectivity index is 2.86. The van der Waals surface area contributed by atoms with Gasteiger partial charge in [0.1, 0.15) is 0 Å². The smallest absolute Gasteiger partial charge is 0.200 e. The summed E-state index contributed by atoms with van der Waals surface area (Å²) in [5.74, 6) is 1.46. The van der Waals surface area contributed by atoms with E-state index >= 15 is 0 Å². The fourth-order valence-corrected chi connectivity index (χ4v) is 1.94. The fraction of sp³-hybridized carbons (Fsp3) is 0.471. The number of nitrogens with one attached hydrogen (secondary N) is 2. The van der Waals surface area contributed by atoms with E-state index in [2.05, 4.69) is 29.1 Å². The predicted octanol–water partition coefficient (Wildman–Crippen LogP) is 2.43. The molecule has 0 saturated carbocycles. The van der Waals surface area contributed by atoms with Gasteiger partial charge in [-0.15, -0.1) is 6.58 Å². The van der Waals surface area contributed by atoms with Crippen LogP contribution in [0.2, 0.25) is 0 Å². The van der Waals surface area contributed by atoms with Gasteiger partial charge >= 0.3 is 0 Å². The van der Waals surface area contributed by atoms with Gasteiger partial charge in [-0.1, -0.05) is 19.4 Å². The number of phenolic OH excluding ortho intramolecular Hbond substituents is 1. The Morgan fingerprint density at radius 2 is 1.91 bits per heavy atom. The van der Waals surface area contributed by atoms with E-state index in [1.807, 2.05) is 0 Å². The predicted molar refractivity (Wildman–Crippen MR) is 93.5 cm³/mol. The standard InChI is InChI=1S/C17H27N3O3/c1-5-7-9-19-17(18-8-6-2)20-12-13-10-14(22-3)16(21)15(11-13)23-4/h6,10-11,21H,2,5,7-9,12H2,1,3-4H3,(H2,18,19,20). The van der Waals surface area contributed by atoms with Gasteiger partial charge in [-0.25, -0.2) is 4.99 Å². The molecule has 6 heteroatoms. The first-order valence-electron chi connectivity index (χ1n) is 7.73. The number of phenols is 1. The zero-order chi connectivity index (χ0) is 17.1. The van der Waals surface area contributed by atoms with Crippen LogP contribution in [0.1, 0.15) is 25.3 Å². The first-order chi connectivity index (χ1) is 11.2. The molecule has 0 amide bonds. The molecule has 0 aliphatic carbocycles. The summed E-state index contributed by atoms with van der Waals surface area (Å²) in [7, 11) is 3.01. The minimum Gasteiger partial charge on any atom is -0.502 e. The van der Waals surface area contributed by atoms with Crippen molar-refractivity contribution in [1.82, 2.24) is 10.6 Å². The molecule has 1 rings (SSSR count). The van der Waals surface area contributed by atoms with E-state index < -0.39 is 0 Å². The Hall–Kier alpha value is -2.37. The van der Waals surface area contributed by atoms with E-state index in [1.165, 1.54) is 14.2 Å². The summed E-state index contributed by atoms with van der Waals surface area (Å²) in [5, 5.41) is 16.4. The number of guanidine groups is 1. The molecule has 0 heterocycles. The van der Waals surface area contributed by atoms with Crippen molar-refractivity contribution in [2.24, 2.45) is 4.99 Å². The van der Waals surface area contributed by atoms with Crippen molar-refractivity contribution in [3.05, 3.63) is 30.4 Å². The summed E-state index contributed by atoms with van der Waals surface area (Å²) in [4.78, 5) is 4.54. The zero-order valence-electron chi connectivity index (χ0n) is 14.2. The zero-order valence-corrected chi connectivity index (χ0v) is 14.2. The second-order valence-electron chi connectivity index (χ2n) is 4.96. The molecule has 0 radical (unpaired) electrons. The van der Waals surface area contributed by atoms with E-state index in [0.717, 1.165) is 30.9 Å². The molecule has 0 unspecified atom stereocenters. The van der Waals surface area contributed by atoms with Gasteiger partial charge in [0.2, 0.25) is 5.75 Å². The SMILES string of the molecule is C=CCNC(=NCc1cc(OC)c(O)c(OC)c1)NCCCC. The van der Waals surface area contributed by atoms with Crippen molar-refractivity contribution >= 4 is 5.96 Å². The molecular weight excluding hydrogens is 294 g/mol. The molecule has 23 heavy (non-hydrogen) atoms. The first kappa shape index (κ1) is 18.7. The quantitative estimate of drug-likeness (QED) is 0.282.